The summed E-state index contributed by atoms with van der Waals surface area (Å²) in [5.74, 6) is 0.940. The van der Waals surface area contributed by atoms with Gasteiger partial charge in [-0.25, -0.2) is 0 Å². The van der Waals surface area contributed by atoms with E-state index in [1.54, 1.807) is 11.3 Å². The molecule has 2 aliphatic rings. The highest BCUT2D eigenvalue weighted by Crippen LogP contribution is 2.42. The number of fused-ring (bicyclic) bond motifs is 3. The molecule has 122 valence electrons. The maximum absolute atomic E-state index is 9.82. The van der Waals surface area contributed by atoms with Crippen LogP contribution >= 0.6 is 11.3 Å². The van der Waals surface area contributed by atoms with Crippen molar-refractivity contribution >= 4 is 11.3 Å². The second-order valence-corrected chi connectivity index (χ2v) is 7.53. The summed E-state index contributed by atoms with van der Waals surface area (Å²) in [7, 11) is 0. The molecular formula is C19H22O3S. The van der Waals surface area contributed by atoms with Crippen molar-refractivity contribution < 1.29 is 14.6 Å². The van der Waals surface area contributed by atoms with Gasteiger partial charge in [0.2, 0.25) is 0 Å². The van der Waals surface area contributed by atoms with Crippen LogP contribution in [-0.4, -0.2) is 24.4 Å². The van der Waals surface area contributed by atoms with Crippen LogP contribution in [0, 0.1) is 0 Å². The third-order valence-electron chi connectivity index (χ3n) is 4.68. The number of aliphatic hydroxyl groups excluding tert-OH is 1. The Hall–Kier alpha value is -1.36. The normalized spacial score (nSPS) is 20.9. The molecule has 2 aromatic rings. The summed E-state index contributed by atoms with van der Waals surface area (Å²) in [5, 5.41) is 9.82. The lowest BCUT2D eigenvalue weighted by atomic mass is 9.91. The van der Waals surface area contributed by atoms with Crippen LogP contribution in [0.5, 0.6) is 5.75 Å². The van der Waals surface area contributed by atoms with Gasteiger partial charge < -0.3 is 14.6 Å². The molecule has 0 saturated carbocycles. The van der Waals surface area contributed by atoms with Gasteiger partial charge >= 0.3 is 0 Å². The Labute approximate surface area is 140 Å². The van der Waals surface area contributed by atoms with E-state index in [1.807, 2.05) is 6.92 Å². The van der Waals surface area contributed by atoms with E-state index in [2.05, 4.69) is 24.3 Å². The van der Waals surface area contributed by atoms with Crippen LogP contribution < -0.4 is 4.74 Å². The molecular weight excluding hydrogens is 308 g/mol. The molecule has 2 atom stereocenters. The monoisotopic (exact) mass is 330 g/mol. The first kappa shape index (κ1) is 15.2. The molecule has 0 amide bonds. The van der Waals surface area contributed by atoms with Crippen molar-refractivity contribution in [1.29, 1.82) is 0 Å². The average molecular weight is 330 g/mol. The molecule has 4 rings (SSSR count). The van der Waals surface area contributed by atoms with Gasteiger partial charge in [0.15, 0.2) is 0 Å². The second-order valence-electron chi connectivity index (χ2n) is 6.44. The Morgan fingerprint density at radius 1 is 1.30 bits per heavy atom. The van der Waals surface area contributed by atoms with Gasteiger partial charge in [-0.15, -0.1) is 11.3 Å². The number of rotatable bonds is 4. The number of benzene rings is 1. The Morgan fingerprint density at radius 3 is 2.96 bits per heavy atom. The minimum atomic E-state index is -0.386. The fourth-order valence-corrected chi connectivity index (χ4v) is 4.60. The van der Waals surface area contributed by atoms with E-state index < -0.39 is 0 Å². The fraction of sp³-hybridized carbons (Fsp3) is 0.474. The molecule has 1 unspecified atom stereocenters. The summed E-state index contributed by atoms with van der Waals surface area (Å²) in [6, 6.07) is 8.57. The van der Waals surface area contributed by atoms with Crippen LogP contribution in [0.4, 0.5) is 0 Å². The number of ether oxygens (including phenoxy) is 2. The highest BCUT2D eigenvalue weighted by atomic mass is 32.1. The molecule has 1 aromatic carbocycles. The largest absolute Gasteiger partial charge is 0.491 e. The molecule has 1 aliphatic carbocycles. The molecule has 1 fully saturated rings. The van der Waals surface area contributed by atoms with Gasteiger partial charge in [0, 0.05) is 16.4 Å². The smallest absolute Gasteiger partial charge is 0.119 e. The van der Waals surface area contributed by atoms with Crippen LogP contribution in [0.2, 0.25) is 0 Å². The molecule has 0 bridgehead atoms. The minimum Gasteiger partial charge on any atom is -0.491 e. The van der Waals surface area contributed by atoms with Crippen molar-refractivity contribution in [3.8, 4) is 16.2 Å². The second kappa shape index (κ2) is 6.27. The lowest BCUT2D eigenvalue weighted by Gasteiger charge is -2.18. The molecule has 0 spiro atoms. The lowest BCUT2D eigenvalue weighted by Crippen LogP contribution is -2.16. The van der Waals surface area contributed by atoms with Crippen molar-refractivity contribution in [2.75, 3.05) is 13.2 Å². The van der Waals surface area contributed by atoms with Crippen molar-refractivity contribution in [3.05, 3.63) is 40.3 Å². The van der Waals surface area contributed by atoms with Gasteiger partial charge in [0.05, 0.1) is 12.2 Å². The standard InChI is InChI=1S/C19H22O3S/c1-12(20)18-10-14-5-4-13-9-15(6-7-17(13)19(14)23-18)22-11-16-3-2-8-21-16/h6-7,9-10,12,16,20H,2-5,8,11H2,1H3/t12?,16-/m0/s1. The Morgan fingerprint density at radius 2 is 2.17 bits per heavy atom. The summed E-state index contributed by atoms with van der Waals surface area (Å²) >= 11 is 1.71. The van der Waals surface area contributed by atoms with E-state index in [1.165, 1.54) is 21.6 Å². The first-order valence-electron chi connectivity index (χ1n) is 8.39. The molecule has 2 heterocycles. The zero-order chi connectivity index (χ0) is 15.8. The number of aryl methyl sites for hydroxylation is 2. The van der Waals surface area contributed by atoms with Gasteiger partial charge in [0.25, 0.3) is 0 Å². The summed E-state index contributed by atoms with van der Waals surface area (Å²) in [6.07, 6.45) is 4.19. The van der Waals surface area contributed by atoms with Crippen LogP contribution in [-0.2, 0) is 17.6 Å². The molecule has 1 aliphatic heterocycles. The van der Waals surface area contributed by atoms with E-state index >= 15 is 0 Å². The van der Waals surface area contributed by atoms with Gasteiger partial charge in [0.1, 0.15) is 12.4 Å². The highest BCUT2D eigenvalue weighted by Gasteiger charge is 2.21. The number of aliphatic hydroxyl groups is 1. The van der Waals surface area contributed by atoms with E-state index in [4.69, 9.17) is 9.47 Å². The molecule has 0 radical (unpaired) electrons. The first-order chi connectivity index (χ1) is 11.2. The van der Waals surface area contributed by atoms with E-state index in [-0.39, 0.29) is 12.2 Å². The van der Waals surface area contributed by atoms with Crippen LogP contribution in [0.25, 0.3) is 10.4 Å². The average Bonchev–Trinajstić information content (AvgIpc) is 3.21. The fourth-order valence-electron chi connectivity index (χ4n) is 3.39. The van der Waals surface area contributed by atoms with Gasteiger partial charge in [-0.3, -0.25) is 0 Å². The summed E-state index contributed by atoms with van der Waals surface area (Å²) in [4.78, 5) is 2.37. The predicted octanol–water partition coefficient (Wildman–Crippen LogP) is 4.12. The molecule has 1 aromatic heterocycles. The molecule has 1 saturated heterocycles. The highest BCUT2D eigenvalue weighted by molar-refractivity contribution is 7.15. The maximum atomic E-state index is 9.82. The van der Waals surface area contributed by atoms with E-state index in [0.717, 1.165) is 42.9 Å². The molecule has 4 heteroatoms. The van der Waals surface area contributed by atoms with Gasteiger partial charge in [-0.1, -0.05) is 0 Å². The van der Waals surface area contributed by atoms with Crippen molar-refractivity contribution in [3.63, 3.8) is 0 Å². The van der Waals surface area contributed by atoms with Crippen molar-refractivity contribution in [2.45, 2.75) is 44.8 Å². The summed E-state index contributed by atoms with van der Waals surface area (Å²) < 4.78 is 11.5. The van der Waals surface area contributed by atoms with Crippen LogP contribution in [0.1, 0.15) is 41.9 Å². The van der Waals surface area contributed by atoms with Crippen LogP contribution in [0.3, 0.4) is 0 Å². The zero-order valence-electron chi connectivity index (χ0n) is 13.4. The maximum Gasteiger partial charge on any atom is 0.119 e. The Kier molecular flexibility index (Phi) is 4.14. The Bertz CT molecular complexity index is 699. The van der Waals surface area contributed by atoms with E-state index in [0.29, 0.717) is 6.61 Å². The summed E-state index contributed by atoms with van der Waals surface area (Å²) in [5.41, 5.74) is 4.01. The lowest BCUT2D eigenvalue weighted by molar-refractivity contribution is 0.0679. The minimum absolute atomic E-state index is 0.253. The van der Waals surface area contributed by atoms with Crippen molar-refractivity contribution in [1.82, 2.24) is 0 Å². The number of hydrogen-bond donors (Lipinski definition) is 1. The first-order valence-corrected chi connectivity index (χ1v) is 9.21. The Balaban J connectivity index is 1.55. The van der Waals surface area contributed by atoms with Crippen LogP contribution in [0.15, 0.2) is 24.3 Å². The van der Waals surface area contributed by atoms with E-state index in [9.17, 15) is 5.11 Å². The van der Waals surface area contributed by atoms with Gasteiger partial charge in [-0.05, 0) is 73.6 Å². The van der Waals surface area contributed by atoms with Gasteiger partial charge in [-0.2, -0.15) is 0 Å². The third-order valence-corrected chi connectivity index (χ3v) is 6.07. The SMILES string of the molecule is CC(O)c1cc2c(s1)-c1ccc(OC[C@@H]3CCCO3)cc1CC2. The summed E-state index contributed by atoms with van der Waals surface area (Å²) in [6.45, 7) is 3.35. The quantitative estimate of drug-likeness (QED) is 0.916. The van der Waals surface area contributed by atoms with Crippen molar-refractivity contribution in [2.24, 2.45) is 0 Å². The molecule has 23 heavy (non-hydrogen) atoms. The molecule has 1 N–H and O–H groups in total. The predicted molar refractivity (Wildman–Crippen MR) is 92.3 cm³/mol. The number of thiophene rings is 1. The third kappa shape index (κ3) is 3.03. The topological polar surface area (TPSA) is 38.7 Å². The number of hydrogen-bond acceptors (Lipinski definition) is 4. The zero-order valence-corrected chi connectivity index (χ0v) is 14.2. The molecule has 3 nitrogen and oxygen atoms in total.